The molecule has 14 heavy (non-hydrogen) atoms. The molecule has 0 aliphatic carbocycles. The molecule has 0 saturated carbocycles. The van der Waals surface area contributed by atoms with Crippen LogP contribution in [0.25, 0.3) is 0 Å². The topological polar surface area (TPSA) is 35.2 Å². The van der Waals surface area contributed by atoms with Crippen molar-refractivity contribution < 1.29 is 4.74 Å². The fourth-order valence-electron chi connectivity index (χ4n) is 1.14. The molecule has 2 N–H and O–H groups in total. The number of hydrogen-bond acceptors (Lipinski definition) is 2. The molecule has 0 spiro atoms. The second kappa shape index (κ2) is 5.45. The van der Waals surface area contributed by atoms with Crippen LogP contribution in [0.2, 0.25) is 0 Å². The zero-order valence-corrected chi connectivity index (χ0v) is 8.57. The SMILES string of the molecule is C=CC(N)c1ccc(OCCC)cc1. The third-order valence-corrected chi connectivity index (χ3v) is 1.99. The van der Waals surface area contributed by atoms with Crippen molar-refractivity contribution in [2.45, 2.75) is 19.4 Å². The number of ether oxygens (including phenoxy) is 1. The number of rotatable bonds is 5. The van der Waals surface area contributed by atoms with Crippen LogP contribution in [0, 0.1) is 0 Å². The van der Waals surface area contributed by atoms with Gasteiger partial charge < -0.3 is 10.5 Å². The van der Waals surface area contributed by atoms with Crippen molar-refractivity contribution in [3.05, 3.63) is 42.5 Å². The lowest BCUT2D eigenvalue weighted by atomic mass is 10.1. The quantitative estimate of drug-likeness (QED) is 0.726. The lowest BCUT2D eigenvalue weighted by Crippen LogP contribution is -2.06. The average Bonchev–Trinajstić information content (AvgIpc) is 2.26. The molecular formula is C12H17NO. The minimum atomic E-state index is -0.0878. The van der Waals surface area contributed by atoms with E-state index < -0.39 is 0 Å². The zero-order chi connectivity index (χ0) is 10.4. The minimum absolute atomic E-state index is 0.0878. The lowest BCUT2D eigenvalue weighted by Gasteiger charge is -2.08. The lowest BCUT2D eigenvalue weighted by molar-refractivity contribution is 0.317. The van der Waals surface area contributed by atoms with Gasteiger partial charge in [0.25, 0.3) is 0 Å². The van der Waals surface area contributed by atoms with E-state index in [-0.39, 0.29) is 6.04 Å². The van der Waals surface area contributed by atoms with Crippen LogP contribution in [0.1, 0.15) is 24.9 Å². The van der Waals surface area contributed by atoms with Crippen molar-refractivity contribution in [1.29, 1.82) is 0 Å². The third-order valence-electron chi connectivity index (χ3n) is 1.99. The molecule has 0 heterocycles. The predicted octanol–water partition coefficient (Wildman–Crippen LogP) is 2.66. The Morgan fingerprint density at radius 2 is 2.07 bits per heavy atom. The van der Waals surface area contributed by atoms with E-state index in [1.54, 1.807) is 6.08 Å². The number of benzene rings is 1. The Morgan fingerprint density at radius 1 is 1.43 bits per heavy atom. The molecule has 0 aromatic heterocycles. The summed E-state index contributed by atoms with van der Waals surface area (Å²) in [6.07, 6.45) is 2.75. The Labute approximate surface area is 85.4 Å². The molecule has 0 radical (unpaired) electrons. The molecule has 0 aliphatic heterocycles. The minimum Gasteiger partial charge on any atom is -0.494 e. The summed E-state index contributed by atoms with van der Waals surface area (Å²) in [4.78, 5) is 0. The maximum atomic E-state index is 5.79. The smallest absolute Gasteiger partial charge is 0.119 e. The highest BCUT2D eigenvalue weighted by Gasteiger charge is 2.00. The first-order valence-corrected chi connectivity index (χ1v) is 4.88. The number of nitrogens with two attached hydrogens (primary N) is 1. The van der Waals surface area contributed by atoms with Gasteiger partial charge in [-0.15, -0.1) is 6.58 Å². The molecule has 2 nitrogen and oxygen atoms in total. The van der Waals surface area contributed by atoms with Crippen molar-refractivity contribution in [3.8, 4) is 5.75 Å². The Bertz CT molecular complexity index is 279. The van der Waals surface area contributed by atoms with Crippen LogP contribution >= 0.6 is 0 Å². The Morgan fingerprint density at radius 3 is 2.57 bits per heavy atom. The molecule has 1 aromatic carbocycles. The summed E-state index contributed by atoms with van der Waals surface area (Å²) in [6.45, 7) is 6.49. The summed E-state index contributed by atoms with van der Waals surface area (Å²) in [6, 6.07) is 7.73. The molecule has 1 aromatic rings. The highest BCUT2D eigenvalue weighted by molar-refractivity contribution is 5.30. The van der Waals surface area contributed by atoms with E-state index in [0.717, 1.165) is 24.3 Å². The molecule has 1 atom stereocenters. The van der Waals surface area contributed by atoms with Crippen LogP contribution < -0.4 is 10.5 Å². The van der Waals surface area contributed by atoms with Crippen LogP contribution in [-0.2, 0) is 0 Å². The van der Waals surface area contributed by atoms with Gasteiger partial charge in [0.1, 0.15) is 5.75 Å². The highest BCUT2D eigenvalue weighted by atomic mass is 16.5. The monoisotopic (exact) mass is 191 g/mol. The Kier molecular flexibility index (Phi) is 4.20. The van der Waals surface area contributed by atoms with Crippen LogP contribution in [0.4, 0.5) is 0 Å². The maximum Gasteiger partial charge on any atom is 0.119 e. The summed E-state index contributed by atoms with van der Waals surface area (Å²) in [5, 5.41) is 0. The van der Waals surface area contributed by atoms with Gasteiger partial charge in [-0.25, -0.2) is 0 Å². The summed E-state index contributed by atoms with van der Waals surface area (Å²) >= 11 is 0. The van der Waals surface area contributed by atoms with E-state index in [0.29, 0.717) is 0 Å². The second-order valence-electron chi connectivity index (χ2n) is 3.18. The predicted molar refractivity (Wildman–Crippen MR) is 59.4 cm³/mol. The van der Waals surface area contributed by atoms with E-state index in [1.807, 2.05) is 24.3 Å². The van der Waals surface area contributed by atoms with E-state index in [9.17, 15) is 0 Å². The summed E-state index contributed by atoms with van der Waals surface area (Å²) in [7, 11) is 0. The van der Waals surface area contributed by atoms with Gasteiger partial charge in [-0.1, -0.05) is 25.1 Å². The van der Waals surface area contributed by atoms with Crippen molar-refractivity contribution in [1.82, 2.24) is 0 Å². The molecule has 0 amide bonds. The van der Waals surface area contributed by atoms with Gasteiger partial charge in [-0.05, 0) is 24.1 Å². The molecule has 1 unspecified atom stereocenters. The van der Waals surface area contributed by atoms with Gasteiger partial charge in [-0.3, -0.25) is 0 Å². The Hall–Kier alpha value is -1.28. The molecule has 0 aliphatic rings. The first-order valence-electron chi connectivity index (χ1n) is 4.88. The van der Waals surface area contributed by atoms with E-state index >= 15 is 0 Å². The molecule has 0 fully saturated rings. The Balaban J connectivity index is 2.63. The summed E-state index contributed by atoms with van der Waals surface area (Å²) in [5.41, 5.74) is 6.84. The van der Waals surface area contributed by atoms with Gasteiger partial charge in [0, 0.05) is 6.04 Å². The third kappa shape index (κ3) is 2.89. The highest BCUT2D eigenvalue weighted by Crippen LogP contribution is 2.16. The maximum absolute atomic E-state index is 5.79. The van der Waals surface area contributed by atoms with Crippen molar-refractivity contribution >= 4 is 0 Å². The largest absolute Gasteiger partial charge is 0.494 e. The van der Waals surface area contributed by atoms with E-state index in [1.165, 1.54) is 0 Å². The second-order valence-corrected chi connectivity index (χ2v) is 3.18. The van der Waals surface area contributed by atoms with E-state index in [2.05, 4.69) is 13.5 Å². The van der Waals surface area contributed by atoms with Crippen molar-refractivity contribution in [3.63, 3.8) is 0 Å². The summed E-state index contributed by atoms with van der Waals surface area (Å²) in [5.74, 6) is 0.895. The number of hydrogen-bond donors (Lipinski definition) is 1. The first-order chi connectivity index (χ1) is 6.77. The molecule has 0 saturated heterocycles. The van der Waals surface area contributed by atoms with Crippen LogP contribution in [0.3, 0.4) is 0 Å². The van der Waals surface area contributed by atoms with Crippen LogP contribution in [0.5, 0.6) is 5.75 Å². The normalized spacial score (nSPS) is 12.1. The van der Waals surface area contributed by atoms with E-state index in [4.69, 9.17) is 10.5 Å². The first kappa shape index (κ1) is 10.8. The molecule has 76 valence electrons. The van der Waals surface area contributed by atoms with Crippen molar-refractivity contribution in [2.75, 3.05) is 6.61 Å². The van der Waals surface area contributed by atoms with Gasteiger partial charge in [0.2, 0.25) is 0 Å². The van der Waals surface area contributed by atoms with Gasteiger partial charge in [0.15, 0.2) is 0 Å². The zero-order valence-electron chi connectivity index (χ0n) is 8.57. The van der Waals surface area contributed by atoms with Crippen LogP contribution in [0.15, 0.2) is 36.9 Å². The molecule has 0 bridgehead atoms. The molecule has 1 rings (SSSR count). The standard InChI is InChI=1S/C12H17NO/c1-3-9-14-11-7-5-10(6-8-11)12(13)4-2/h4-8,12H,2-3,9,13H2,1H3. The summed E-state index contributed by atoms with van der Waals surface area (Å²) < 4.78 is 5.46. The molecular weight excluding hydrogens is 174 g/mol. The van der Waals surface area contributed by atoms with Crippen LogP contribution in [-0.4, -0.2) is 6.61 Å². The van der Waals surface area contributed by atoms with Gasteiger partial charge in [-0.2, -0.15) is 0 Å². The fourth-order valence-corrected chi connectivity index (χ4v) is 1.14. The molecule has 2 heteroatoms. The average molecular weight is 191 g/mol. The van der Waals surface area contributed by atoms with Gasteiger partial charge >= 0.3 is 0 Å². The van der Waals surface area contributed by atoms with Gasteiger partial charge in [0.05, 0.1) is 6.61 Å². The van der Waals surface area contributed by atoms with Crippen molar-refractivity contribution in [2.24, 2.45) is 5.73 Å². The fraction of sp³-hybridized carbons (Fsp3) is 0.333.